The van der Waals surface area contributed by atoms with E-state index in [1.54, 1.807) is 11.3 Å². The van der Waals surface area contributed by atoms with E-state index in [0.717, 1.165) is 45.3 Å². The van der Waals surface area contributed by atoms with E-state index in [1.807, 2.05) is 11.9 Å². The van der Waals surface area contributed by atoms with Gasteiger partial charge in [-0.25, -0.2) is 4.79 Å². The van der Waals surface area contributed by atoms with E-state index in [-0.39, 0.29) is 17.7 Å². The lowest BCUT2D eigenvalue weighted by atomic mass is 9.78. The van der Waals surface area contributed by atoms with Crippen LogP contribution in [0.15, 0.2) is 17.5 Å². The molecule has 2 aliphatic rings. The highest BCUT2D eigenvalue weighted by Crippen LogP contribution is 2.38. The van der Waals surface area contributed by atoms with E-state index in [0.29, 0.717) is 0 Å². The Morgan fingerprint density at radius 1 is 1.43 bits per heavy atom. The molecule has 1 aromatic heterocycles. The van der Waals surface area contributed by atoms with Gasteiger partial charge in [-0.2, -0.15) is 0 Å². The molecular weight excluding hydrogens is 308 g/mol. The Labute approximate surface area is 143 Å². The van der Waals surface area contributed by atoms with Crippen LogP contribution in [0.1, 0.15) is 49.8 Å². The molecule has 1 saturated carbocycles. The van der Waals surface area contributed by atoms with E-state index in [2.05, 4.69) is 22.8 Å². The van der Waals surface area contributed by atoms with Gasteiger partial charge in [0.15, 0.2) is 0 Å². The minimum Gasteiger partial charge on any atom is -0.375 e. The zero-order valence-electron chi connectivity index (χ0n) is 14.1. The van der Waals surface area contributed by atoms with Crippen molar-refractivity contribution < 1.29 is 9.53 Å². The Morgan fingerprint density at radius 3 is 3.00 bits per heavy atom. The fourth-order valence-electron chi connectivity index (χ4n) is 3.81. The third-order valence-corrected chi connectivity index (χ3v) is 6.14. The van der Waals surface area contributed by atoms with Crippen LogP contribution in [0.3, 0.4) is 0 Å². The molecule has 3 rings (SSSR count). The number of ether oxygens (including phenoxy) is 1. The van der Waals surface area contributed by atoms with Crippen LogP contribution in [0.2, 0.25) is 0 Å². The van der Waals surface area contributed by atoms with Crippen molar-refractivity contribution in [2.45, 2.75) is 63.0 Å². The maximum atomic E-state index is 12.4. The van der Waals surface area contributed by atoms with Crippen molar-refractivity contribution in [2.75, 3.05) is 20.2 Å². The van der Waals surface area contributed by atoms with Crippen LogP contribution in [0, 0.1) is 0 Å². The second-order valence-corrected chi connectivity index (χ2v) is 8.01. The Kier molecular flexibility index (Phi) is 5.59. The van der Waals surface area contributed by atoms with Gasteiger partial charge >= 0.3 is 6.03 Å². The van der Waals surface area contributed by atoms with Crippen LogP contribution in [0.5, 0.6) is 0 Å². The number of nitrogens with one attached hydrogen (secondary N) is 1. The first-order chi connectivity index (χ1) is 11.2. The van der Waals surface area contributed by atoms with Gasteiger partial charge in [0.25, 0.3) is 0 Å². The molecular formula is C18H28N2O2S. The van der Waals surface area contributed by atoms with Crippen molar-refractivity contribution in [1.29, 1.82) is 0 Å². The number of thiophene rings is 1. The smallest absolute Gasteiger partial charge is 0.317 e. The van der Waals surface area contributed by atoms with Gasteiger partial charge in [-0.1, -0.05) is 25.3 Å². The van der Waals surface area contributed by atoms with Gasteiger partial charge in [0.2, 0.25) is 0 Å². The van der Waals surface area contributed by atoms with Crippen molar-refractivity contribution in [3.8, 4) is 0 Å². The van der Waals surface area contributed by atoms with Crippen LogP contribution in [0.25, 0.3) is 0 Å². The number of urea groups is 1. The molecule has 5 heteroatoms. The number of carbonyl (C=O) groups is 1. The summed E-state index contributed by atoms with van der Waals surface area (Å²) >= 11 is 1.75. The van der Waals surface area contributed by atoms with Crippen LogP contribution >= 0.6 is 11.3 Å². The van der Waals surface area contributed by atoms with Crippen molar-refractivity contribution in [2.24, 2.45) is 0 Å². The van der Waals surface area contributed by atoms with Gasteiger partial charge < -0.3 is 15.0 Å². The minimum atomic E-state index is 0.0456. The molecule has 1 aliphatic heterocycles. The number of hydrogen-bond acceptors (Lipinski definition) is 3. The summed E-state index contributed by atoms with van der Waals surface area (Å²) in [5, 5.41) is 5.32. The van der Waals surface area contributed by atoms with Gasteiger partial charge in [0, 0.05) is 31.1 Å². The van der Waals surface area contributed by atoms with Gasteiger partial charge in [0.1, 0.15) is 0 Å². The van der Waals surface area contributed by atoms with Gasteiger partial charge in [0.05, 0.1) is 5.60 Å². The quantitative estimate of drug-likeness (QED) is 0.908. The number of amides is 2. The van der Waals surface area contributed by atoms with Crippen LogP contribution < -0.4 is 5.32 Å². The molecule has 4 nitrogen and oxygen atoms in total. The number of rotatable bonds is 4. The fourth-order valence-corrected chi connectivity index (χ4v) is 4.51. The standard InChI is InChI=1S/C18H28N2O2S/c1-20(11-7-16-6-5-13-23-16)17(21)19-15-8-12-22-18(14-15)9-3-2-4-10-18/h5-6,13,15H,2-4,7-12,14H2,1H3,(H,19,21)/t15-/m1/s1. The molecule has 0 radical (unpaired) electrons. The second-order valence-electron chi connectivity index (χ2n) is 6.98. The first kappa shape index (κ1) is 16.8. The molecule has 0 bridgehead atoms. The van der Waals surface area contributed by atoms with Crippen molar-refractivity contribution in [3.05, 3.63) is 22.4 Å². The summed E-state index contributed by atoms with van der Waals surface area (Å²) in [6.45, 7) is 1.55. The highest BCUT2D eigenvalue weighted by atomic mass is 32.1. The third-order valence-electron chi connectivity index (χ3n) is 5.21. The predicted octanol–water partition coefficient (Wildman–Crippen LogP) is 3.81. The molecule has 1 atom stereocenters. The third kappa shape index (κ3) is 4.48. The lowest BCUT2D eigenvalue weighted by molar-refractivity contribution is -0.108. The van der Waals surface area contributed by atoms with Crippen LogP contribution in [-0.4, -0.2) is 42.8 Å². The second kappa shape index (κ2) is 7.67. The normalized spacial score (nSPS) is 23.6. The Morgan fingerprint density at radius 2 is 2.26 bits per heavy atom. The summed E-state index contributed by atoms with van der Waals surface area (Å²) in [6.07, 6.45) is 9.03. The van der Waals surface area contributed by atoms with E-state index in [1.165, 1.54) is 24.1 Å². The first-order valence-electron chi connectivity index (χ1n) is 8.85. The molecule has 1 spiro atoms. The molecule has 1 N–H and O–H groups in total. The summed E-state index contributed by atoms with van der Waals surface area (Å²) in [5.41, 5.74) is 0.0456. The lowest BCUT2D eigenvalue weighted by Crippen LogP contribution is -2.51. The molecule has 1 aliphatic carbocycles. The van der Waals surface area contributed by atoms with Gasteiger partial charge in [-0.15, -0.1) is 11.3 Å². The Balaban J connectivity index is 1.46. The maximum absolute atomic E-state index is 12.4. The number of hydrogen-bond donors (Lipinski definition) is 1. The van der Waals surface area contributed by atoms with E-state index in [4.69, 9.17) is 4.74 Å². The molecule has 128 valence electrons. The monoisotopic (exact) mass is 336 g/mol. The molecule has 0 aromatic carbocycles. The average Bonchev–Trinajstić information content (AvgIpc) is 3.07. The average molecular weight is 337 g/mol. The minimum absolute atomic E-state index is 0.0456. The highest BCUT2D eigenvalue weighted by Gasteiger charge is 2.39. The molecule has 2 fully saturated rings. The lowest BCUT2D eigenvalue weighted by Gasteiger charge is -2.43. The fraction of sp³-hybridized carbons (Fsp3) is 0.722. The van der Waals surface area contributed by atoms with Gasteiger partial charge in [-0.3, -0.25) is 0 Å². The first-order valence-corrected chi connectivity index (χ1v) is 9.73. The summed E-state index contributed by atoms with van der Waals surface area (Å²) in [5.74, 6) is 0. The molecule has 2 heterocycles. The van der Waals surface area contributed by atoms with E-state index >= 15 is 0 Å². The largest absolute Gasteiger partial charge is 0.375 e. The topological polar surface area (TPSA) is 41.6 Å². The summed E-state index contributed by atoms with van der Waals surface area (Å²) in [7, 11) is 1.89. The summed E-state index contributed by atoms with van der Waals surface area (Å²) < 4.78 is 6.11. The molecule has 1 aromatic rings. The molecule has 0 unspecified atom stereocenters. The highest BCUT2D eigenvalue weighted by molar-refractivity contribution is 7.09. The molecule has 2 amide bonds. The molecule has 23 heavy (non-hydrogen) atoms. The van der Waals surface area contributed by atoms with Crippen LogP contribution in [0.4, 0.5) is 4.79 Å². The van der Waals surface area contributed by atoms with E-state index < -0.39 is 0 Å². The van der Waals surface area contributed by atoms with Crippen molar-refractivity contribution in [1.82, 2.24) is 10.2 Å². The Hall–Kier alpha value is -1.07. The summed E-state index contributed by atoms with van der Waals surface area (Å²) in [4.78, 5) is 15.6. The van der Waals surface area contributed by atoms with Crippen LogP contribution in [-0.2, 0) is 11.2 Å². The van der Waals surface area contributed by atoms with Crippen molar-refractivity contribution >= 4 is 17.4 Å². The van der Waals surface area contributed by atoms with Crippen molar-refractivity contribution in [3.63, 3.8) is 0 Å². The maximum Gasteiger partial charge on any atom is 0.317 e. The zero-order valence-corrected chi connectivity index (χ0v) is 14.9. The number of likely N-dealkylation sites (N-methyl/N-ethyl adjacent to an activating group) is 1. The van der Waals surface area contributed by atoms with Gasteiger partial charge in [-0.05, 0) is 43.6 Å². The predicted molar refractivity (Wildman–Crippen MR) is 94.0 cm³/mol. The van der Waals surface area contributed by atoms with E-state index in [9.17, 15) is 4.79 Å². The summed E-state index contributed by atoms with van der Waals surface area (Å²) in [6, 6.07) is 4.51. The zero-order chi connectivity index (χ0) is 16.1. The number of carbonyl (C=O) groups excluding carboxylic acids is 1. The Bertz CT molecular complexity index is 492. The molecule has 1 saturated heterocycles. The SMILES string of the molecule is CN(CCc1cccs1)C(=O)N[C@@H]1CCOC2(CCCCC2)C1. The number of nitrogens with zero attached hydrogens (tertiary/aromatic N) is 1.